The molecule has 0 unspecified atom stereocenters. The molecule has 188 valence electrons. The first-order chi connectivity index (χ1) is 17.3. The Labute approximate surface area is 206 Å². The van der Waals surface area contributed by atoms with Crippen molar-refractivity contribution < 1.29 is 27.8 Å². The van der Waals surface area contributed by atoms with Crippen LogP contribution < -0.4 is 4.74 Å². The van der Waals surface area contributed by atoms with Crippen LogP contribution in [0.5, 0.6) is 5.75 Å². The van der Waals surface area contributed by atoms with Crippen molar-refractivity contribution in [3.8, 4) is 11.4 Å². The Bertz CT molecular complexity index is 1330. The molecule has 3 heterocycles. The third-order valence-electron chi connectivity index (χ3n) is 6.99. The zero-order valence-electron chi connectivity index (χ0n) is 19.9. The van der Waals surface area contributed by atoms with Gasteiger partial charge < -0.3 is 19.3 Å². The minimum atomic E-state index is -1.57. The number of nitrogens with zero attached hydrogens (tertiary/aromatic N) is 3. The zero-order valence-corrected chi connectivity index (χ0v) is 19.9. The molecule has 9 heteroatoms. The van der Waals surface area contributed by atoms with Crippen LogP contribution in [0.15, 0.2) is 48.4 Å². The van der Waals surface area contributed by atoms with Crippen molar-refractivity contribution in [2.75, 3.05) is 7.11 Å². The number of benzene rings is 2. The van der Waals surface area contributed by atoms with Crippen molar-refractivity contribution in [3.63, 3.8) is 0 Å². The molecule has 2 saturated heterocycles. The van der Waals surface area contributed by atoms with Crippen molar-refractivity contribution in [3.05, 3.63) is 82.7 Å². The Morgan fingerprint density at radius 3 is 2.53 bits per heavy atom. The van der Waals surface area contributed by atoms with Gasteiger partial charge in [0.2, 0.25) is 0 Å². The van der Waals surface area contributed by atoms with Crippen LogP contribution in [0.3, 0.4) is 0 Å². The van der Waals surface area contributed by atoms with Gasteiger partial charge in [0.05, 0.1) is 37.0 Å². The fourth-order valence-electron chi connectivity index (χ4n) is 5.26. The maximum Gasteiger partial charge on any atom is 0.250 e. The predicted octanol–water partition coefficient (Wildman–Crippen LogP) is 4.88. The Balaban J connectivity index is 1.48. The van der Waals surface area contributed by atoms with Crippen LogP contribution in [0.4, 0.5) is 13.2 Å². The van der Waals surface area contributed by atoms with E-state index in [4.69, 9.17) is 4.74 Å². The molecule has 0 bridgehead atoms. The molecule has 2 aliphatic heterocycles. The minimum absolute atomic E-state index is 0.0415. The molecule has 3 aromatic rings. The molecule has 36 heavy (non-hydrogen) atoms. The van der Waals surface area contributed by atoms with Gasteiger partial charge in [-0.3, -0.25) is 4.79 Å². The third-order valence-corrected chi connectivity index (χ3v) is 6.99. The van der Waals surface area contributed by atoms with Crippen molar-refractivity contribution in [1.29, 1.82) is 0 Å². The summed E-state index contributed by atoms with van der Waals surface area (Å²) in [4.78, 5) is 19.4. The zero-order chi connectivity index (χ0) is 25.6. The van der Waals surface area contributed by atoms with E-state index in [-0.39, 0.29) is 17.5 Å². The van der Waals surface area contributed by atoms with E-state index >= 15 is 0 Å². The van der Waals surface area contributed by atoms with Crippen molar-refractivity contribution in [1.82, 2.24) is 14.5 Å². The number of carbonyl (C=O) groups excluding carboxylic acids is 1. The first-order valence-corrected chi connectivity index (χ1v) is 11.8. The number of aryl methyl sites for hydroxylation is 1. The fraction of sp³-hybridized carbons (Fsp3) is 0.333. The standard InChI is InChI=1S/C27H26F3N3O3/c1-15-13-32(14-31-15)22-7-3-16(10-24(22)36-2)9-17-4-5-19-6-8-23(34)26(33(19)27(17)35)18-11-20(28)25(30)21(29)12-18/h3,7,9-14,19,23,26,34H,4-6,8H2,1-2H3/t19-,23-,26-/m1/s1. The third kappa shape index (κ3) is 4.28. The summed E-state index contributed by atoms with van der Waals surface area (Å²) in [6.45, 7) is 1.89. The summed E-state index contributed by atoms with van der Waals surface area (Å²) in [5, 5.41) is 10.7. The molecule has 0 radical (unpaired) electrons. The number of aromatic nitrogens is 2. The first kappa shape index (κ1) is 24.1. The number of amides is 1. The Kier molecular flexibility index (Phi) is 6.34. The lowest BCUT2D eigenvalue weighted by Crippen LogP contribution is -2.53. The number of piperidine rings is 2. The normalized spacial score (nSPS) is 23.2. The summed E-state index contributed by atoms with van der Waals surface area (Å²) >= 11 is 0. The van der Waals surface area contributed by atoms with Gasteiger partial charge in [0.25, 0.3) is 5.91 Å². The van der Waals surface area contributed by atoms with Gasteiger partial charge >= 0.3 is 0 Å². The van der Waals surface area contributed by atoms with E-state index in [1.165, 1.54) is 4.90 Å². The highest BCUT2D eigenvalue weighted by Gasteiger charge is 2.43. The molecular weight excluding hydrogens is 471 g/mol. The smallest absolute Gasteiger partial charge is 0.250 e. The number of methoxy groups -OCH3 is 1. The summed E-state index contributed by atoms with van der Waals surface area (Å²) in [6.07, 6.45) is 6.46. The van der Waals surface area contributed by atoms with E-state index in [2.05, 4.69) is 4.98 Å². The average Bonchev–Trinajstić information content (AvgIpc) is 3.30. The second-order valence-corrected chi connectivity index (χ2v) is 9.32. The molecule has 6 nitrogen and oxygen atoms in total. The molecule has 3 atom stereocenters. The number of halogens is 3. The molecule has 1 aromatic heterocycles. The molecule has 2 fully saturated rings. The lowest BCUT2D eigenvalue weighted by Gasteiger charge is -2.48. The van der Waals surface area contributed by atoms with Gasteiger partial charge in [-0.1, -0.05) is 6.07 Å². The van der Waals surface area contributed by atoms with Gasteiger partial charge in [-0.2, -0.15) is 0 Å². The number of ether oxygens (including phenoxy) is 1. The number of aliphatic hydroxyl groups excluding tert-OH is 1. The highest BCUT2D eigenvalue weighted by atomic mass is 19.2. The number of aliphatic hydroxyl groups is 1. The number of hydrogen-bond acceptors (Lipinski definition) is 4. The Morgan fingerprint density at radius 2 is 1.86 bits per heavy atom. The maximum atomic E-state index is 14.0. The van der Waals surface area contributed by atoms with Crippen LogP contribution in [0.2, 0.25) is 0 Å². The Hall–Kier alpha value is -3.59. The molecule has 5 rings (SSSR count). The van der Waals surface area contributed by atoms with Crippen LogP contribution in [0, 0.1) is 24.4 Å². The molecule has 1 N–H and O–H groups in total. The Morgan fingerprint density at radius 1 is 1.11 bits per heavy atom. The maximum absolute atomic E-state index is 14.0. The lowest BCUT2D eigenvalue weighted by atomic mass is 9.82. The number of rotatable bonds is 4. The van der Waals surface area contributed by atoms with E-state index in [1.807, 2.05) is 35.9 Å². The predicted molar refractivity (Wildman–Crippen MR) is 127 cm³/mol. The largest absolute Gasteiger partial charge is 0.495 e. The summed E-state index contributed by atoms with van der Waals surface area (Å²) in [7, 11) is 1.57. The van der Waals surface area contributed by atoms with Crippen molar-refractivity contribution >= 4 is 12.0 Å². The molecule has 2 aromatic carbocycles. The average molecular weight is 498 g/mol. The molecular formula is C27H26F3N3O3. The second kappa shape index (κ2) is 9.46. The molecule has 0 spiro atoms. The quantitative estimate of drug-likeness (QED) is 0.412. The number of imidazole rings is 1. The summed E-state index contributed by atoms with van der Waals surface area (Å²) in [5.41, 5.74) is 2.98. The monoisotopic (exact) mass is 497 g/mol. The number of hydrogen-bond donors (Lipinski definition) is 1. The summed E-state index contributed by atoms with van der Waals surface area (Å²) in [5.74, 6) is -3.98. The first-order valence-electron chi connectivity index (χ1n) is 11.8. The van der Waals surface area contributed by atoms with E-state index in [0.717, 1.165) is 29.1 Å². The van der Waals surface area contributed by atoms with Gasteiger partial charge in [-0.25, -0.2) is 18.2 Å². The van der Waals surface area contributed by atoms with Crippen LogP contribution in [0.1, 0.15) is 48.5 Å². The fourth-order valence-corrected chi connectivity index (χ4v) is 5.26. The molecule has 2 aliphatic rings. The van der Waals surface area contributed by atoms with Gasteiger partial charge in [-0.15, -0.1) is 0 Å². The highest BCUT2D eigenvalue weighted by molar-refractivity contribution is 5.99. The number of fused-ring (bicyclic) bond motifs is 1. The topological polar surface area (TPSA) is 67.6 Å². The lowest BCUT2D eigenvalue weighted by molar-refractivity contribution is -0.142. The van der Waals surface area contributed by atoms with E-state index in [9.17, 15) is 23.1 Å². The van der Waals surface area contributed by atoms with Gasteiger partial charge in [-0.05, 0) is 74.1 Å². The molecule has 0 aliphatic carbocycles. The van der Waals surface area contributed by atoms with Gasteiger partial charge in [0.15, 0.2) is 17.5 Å². The van der Waals surface area contributed by atoms with E-state index in [0.29, 0.717) is 37.0 Å². The van der Waals surface area contributed by atoms with Crippen LogP contribution >= 0.6 is 0 Å². The van der Waals surface area contributed by atoms with Crippen molar-refractivity contribution in [2.45, 2.75) is 50.8 Å². The van der Waals surface area contributed by atoms with Crippen LogP contribution in [0.25, 0.3) is 11.8 Å². The van der Waals surface area contributed by atoms with Gasteiger partial charge in [0.1, 0.15) is 5.75 Å². The summed E-state index contributed by atoms with van der Waals surface area (Å²) < 4.78 is 49.0. The van der Waals surface area contributed by atoms with Crippen molar-refractivity contribution in [2.24, 2.45) is 0 Å². The highest BCUT2D eigenvalue weighted by Crippen LogP contribution is 2.41. The van der Waals surface area contributed by atoms with E-state index in [1.54, 1.807) is 19.5 Å². The van der Waals surface area contributed by atoms with Gasteiger partial charge in [0, 0.05) is 17.8 Å². The summed E-state index contributed by atoms with van der Waals surface area (Å²) in [6, 6.07) is 6.14. The molecule has 0 saturated carbocycles. The number of carbonyl (C=O) groups is 1. The SMILES string of the molecule is COc1cc(C=C2CC[C@@H]3CC[C@@H](O)[C@@H](c4cc(F)c(F)c(F)c4)N3C2=O)ccc1-n1cnc(C)c1. The molecule has 1 amide bonds. The van der Waals surface area contributed by atoms with Crippen LogP contribution in [-0.4, -0.2) is 44.7 Å². The minimum Gasteiger partial charge on any atom is -0.495 e. The van der Waals surface area contributed by atoms with Crippen LogP contribution in [-0.2, 0) is 4.79 Å². The van der Waals surface area contributed by atoms with E-state index < -0.39 is 29.6 Å². The second-order valence-electron chi connectivity index (χ2n) is 9.32.